The van der Waals surface area contributed by atoms with Crippen LogP contribution in [0, 0.1) is 10.1 Å². The standard InChI is InChI=1S/C12H15FN2O3/c1-18-12-7-9-2-4-14(5-3-13)8-10(9)6-11(12)15(16)17/h6-7H,2-5,8H2,1H3. The normalized spacial score (nSPS) is 15.2. The Kier molecular flexibility index (Phi) is 3.76. The van der Waals surface area contributed by atoms with Gasteiger partial charge in [0.2, 0.25) is 0 Å². The smallest absolute Gasteiger partial charge is 0.311 e. The Hall–Kier alpha value is -1.69. The molecule has 98 valence electrons. The number of halogens is 1. The van der Waals surface area contributed by atoms with Crippen molar-refractivity contribution in [3.05, 3.63) is 33.4 Å². The highest BCUT2D eigenvalue weighted by atomic mass is 19.1. The average molecular weight is 254 g/mol. The van der Waals surface area contributed by atoms with Gasteiger partial charge in [0, 0.05) is 25.7 Å². The molecule has 0 saturated carbocycles. The number of hydrogen-bond acceptors (Lipinski definition) is 4. The Morgan fingerprint density at radius 1 is 1.50 bits per heavy atom. The van der Waals surface area contributed by atoms with Crippen molar-refractivity contribution in [3.8, 4) is 5.75 Å². The highest BCUT2D eigenvalue weighted by Crippen LogP contribution is 2.32. The fourth-order valence-electron chi connectivity index (χ4n) is 2.25. The van der Waals surface area contributed by atoms with Crippen LogP contribution in [0.5, 0.6) is 5.75 Å². The number of nitro benzene ring substituents is 1. The van der Waals surface area contributed by atoms with Gasteiger partial charge in [-0.25, -0.2) is 4.39 Å². The second-order valence-corrected chi connectivity index (χ2v) is 4.27. The molecule has 0 bridgehead atoms. The lowest BCUT2D eigenvalue weighted by atomic mass is 9.98. The molecule has 0 atom stereocenters. The number of benzene rings is 1. The van der Waals surface area contributed by atoms with Gasteiger partial charge in [-0.15, -0.1) is 0 Å². The zero-order valence-corrected chi connectivity index (χ0v) is 10.2. The summed E-state index contributed by atoms with van der Waals surface area (Å²) in [5, 5.41) is 10.9. The van der Waals surface area contributed by atoms with Gasteiger partial charge in [0.05, 0.1) is 12.0 Å². The first-order chi connectivity index (χ1) is 8.65. The molecular weight excluding hydrogens is 239 g/mol. The second-order valence-electron chi connectivity index (χ2n) is 4.27. The number of rotatable bonds is 4. The first kappa shape index (κ1) is 12.8. The predicted molar refractivity (Wildman–Crippen MR) is 64.6 cm³/mol. The van der Waals surface area contributed by atoms with E-state index in [4.69, 9.17) is 4.74 Å². The molecule has 0 aliphatic carbocycles. The van der Waals surface area contributed by atoms with E-state index >= 15 is 0 Å². The van der Waals surface area contributed by atoms with Gasteiger partial charge < -0.3 is 4.74 Å². The molecule has 2 rings (SSSR count). The number of alkyl halides is 1. The van der Waals surface area contributed by atoms with Crippen LogP contribution in [0.3, 0.4) is 0 Å². The molecule has 0 radical (unpaired) electrons. The van der Waals surface area contributed by atoms with E-state index in [0.29, 0.717) is 13.1 Å². The Morgan fingerprint density at radius 2 is 2.28 bits per heavy atom. The lowest BCUT2D eigenvalue weighted by Gasteiger charge is -2.27. The minimum absolute atomic E-state index is 0.0293. The van der Waals surface area contributed by atoms with Gasteiger partial charge in [0.15, 0.2) is 5.75 Å². The minimum Gasteiger partial charge on any atom is -0.490 e. The Balaban J connectivity index is 2.33. The summed E-state index contributed by atoms with van der Waals surface area (Å²) >= 11 is 0. The van der Waals surface area contributed by atoms with Crippen molar-refractivity contribution in [1.82, 2.24) is 4.90 Å². The molecule has 5 nitrogen and oxygen atoms in total. The van der Waals surface area contributed by atoms with E-state index in [1.807, 2.05) is 4.90 Å². The molecule has 1 heterocycles. The fraction of sp³-hybridized carbons (Fsp3) is 0.500. The summed E-state index contributed by atoms with van der Waals surface area (Å²) in [6.45, 7) is 1.31. The number of nitro groups is 1. The maximum Gasteiger partial charge on any atom is 0.311 e. The summed E-state index contributed by atoms with van der Waals surface area (Å²) in [6, 6.07) is 3.26. The molecule has 0 N–H and O–H groups in total. The van der Waals surface area contributed by atoms with E-state index in [0.717, 1.165) is 24.1 Å². The van der Waals surface area contributed by atoms with Gasteiger partial charge in [-0.1, -0.05) is 0 Å². The number of hydrogen-bond donors (Lipinski definition) is 0. The van der Waals surface area contributed by atoms with Crippen molar-refractivity contribution in [2.75, 3.05) is 26.9 Å². The third-order valence-electron chi connectivity index (χ3n) is 3.19. The summed E-state index contributed by atoms with van der Waals surface area (Å²) in [4.78, 5) is 12.4. The topological polar surface area (TPSA) is 55.6 Å². The third kappa shape index (κ3) is 2.43. The van der Waals surface area contributed by atoms with E-state index in [-0.39, 0.29) is 11.4 Å². The van der Waals surface area contributed by atoms with Crippen molar-refractivity contribution >= 4 is 5.69 Å². The number of ether oxygens (including phenoxy) is 1. The van der Waals surface area contributed by atoms with Crippen LogP contribution in [0.2, 0.25) is 0 Å². The van der Waals surface area contributed by atoms with E-state index in [1.165, 1.54) is 7.11 Å². The molecule has 1 aliphatic heterocycles. The molecule has 0 amide bonds. The molecule has 18 heavy (non-hydrogen) atoms. The van der Waals surface area contributed by atoms with Crippen LogP contribution >= 0.6 is 0 Å². The molecule has 0 fully saturated rings. The largest absolute Gasteiger partial charge is 0.490 e. The van der Waals surface area contributed by atoms with Crippen molar-refractivity contribution in [2.45, 2.75) is 13.0 Å². The first-order valence-corrected chi connectivity index (χ1v) is 5.78. The fourth-order valence-corrected chi connectivity index (χ4v) is 2.25. The van der Waals surface area contributed by atoms with E-state index in [9.17, 15) is 14.5 Å². The molecule has 0 saturated heterocycles. The van der Waals surface area contributed by atoms with Crippen LogP contribution in [-0.4, -0.2) is 36.7 Å². The van der Waals surface area contributed by atoms with Gasteiger partial charge in [0.25, 0.3) is 0 Å². The molecule has 1 aromatic rings. The molecule has 0 aromatic heterocycles. The van der Waals surface area contributed by atoms with Crippen LogP contribution in [-0.2, 0) is 13.0 Å². The zero-order chi connectivity index (χ0) is 13.1. The summed E-state index contributed by atoms with van der Waals surface area (Å²) in [5.41, 5.74) is 1.91. The quantitative estimate of drug-likeness (QED) is 0.608. The summed E-state index contributed by atoms with van der Waals surface area (Å²) in [5.74, 6) is 0.290. The molecule has 6 heteroatoms. The van der Waals surface area contributed by atoms with Crippen LogP contribution in [0.1, 0.15) is 11.1 Å². The lowest BCUT2D eigenvalue weighted by Crippen LogP contribution is -2.32. The highest BCUT2D eigenvalue weighted by Gasteiger charge is 2.23. The van der Waals surface area contributed by atoms with Crippen LogP contribution in [0.15, 0.2) is 12.1 Å². The minimum atomic E-state index is -0.451. The Morgan fingerprint density at radius 3 is 2.89 bits per heavy atom. The molecule has 0 unspecified atom stereocenters. The molecule has 0 spiro atoms. The SMILES string of the molecule is COc1cc2c(cc1[N+](=O)[O-])CN(CCF)CC2. The van der Waals surface area contributed by atoms with Crippen molar-refractivity contribution in [2.24, 2.45) is 0 Å². The Bertz CT molecular complexity index is 465. The van der Waals surface area contributed by atoms with Gasteiger partial charge in [0.1, 0.15) is 6.67 Å². The maximum absolute atomic E-state index is 12.3. The molecule has 1 aliphatic rings. The lowest BCUT2D eigenvalue weighted by molar-refractivity contribution is -0.385. The highest BCUT2D eigenvalue weighted by molar-refractivity contribution is 5.52. The van der Waals surface area contributed by atoms with Gasteiger partial charge in [-0.3, -0.25) is 15.0 Å². The van der Waals surface area contributed by atoms with Crippen molar-refractivity contribution < 1.29 is 14.1 Å². The van der Waals surface area contributed by atoms with Crippen molar-refractivity contribution in [3.63, 3.8) is 0 Å². The van der Waals surface area contributed by atoms with Gasteiger partial charge in [-0.2, -0.15) is 0 Å². The van der Waals surface area contributed by atoms with E-state index in [1.54, 1.807) is 12.1 Å². The number of methoxy groups -OCH3 is 1. The average Bonchev–Trinajstić information content (AvgIpc) is 2.37. The van der Waals surface area contributed by atoms with Crippen LogP contribution in [0.4, 0.5) is 10.1 Å². The predicted octanol–water partition coefficient (Wildman–Crippen LogP) is 1.93. The summed E-state index contributed by atoms with van der Waals surface area (Å²) < 4.78 is 17.3. The third-order valence-corrected chi connectivity index (χ3v) is 3.19. The summed E-state index contributed by atoms with van der Waals surface area (Å²) in [6.07, 6.45) is 0.768. The molecule has 1 aromatic carbocycles. The van der Waals surface area contributed by atoms with Gasteiger partial charge in [-0.05, 0) is 23.6 Å². The van der Waals surface area contributed by atoms with Gasteiger partial charge >= 0.3 is 5.69 Å². The second kappa shape index (κ2) is 5.30. The summed E-state index contributed by atoms with van der Waals surface area (Å²) in [7, 11) is 1.42. The number of nitrogens with zero attached hydrogens (tertiary/aromatic N) is 2. The van der Waals surface area contributed by atoms with Crippen molar-refractivity contribution in [1.29, 1.82) is 0 Å². The maximum atomic E-state index is 12.3. The number of fused-ring (bicyclic) bond motifs is 1. The zero-order valence-electron chi connectivity index (χ0n) is 10.2. The first-order valence-electron chi connectivity index (χ1n) is 5.78. The monoisotopic (exact) mass is 254 g/mol. The molecular formula is C12H15FN2O3. The van der Waals surface area contributed by atoms with Crippen LogP contribution in [0.25, 0.3) is 0 Å². The van der Waals surface area contributed by atoms with E-state index in [2.05, 4.69) is 0 Å². The van der Waals surface area contributed by atoms with Crippen LogP contribution < -0.4 is 4.74 Å². The Labute approximate surface area is 104 Å². The van der Waals surface area contributed by atoms with E-state index < -0.39 is 11.6 Å².